The Hall–Kier alpha value is -1.54. The first kappa shape index (κ1) is 12.9. The van der Waals surface area contributed by atoms with Gasteiger partial charge in [-0.3, -0.25) is 0 Å². The van der Waals surface area contributed by atoms with Gasteiger partial charge in [-0.1, -0.05) is 22.0 Å². The van der Waals surface area contributed by atoms with Gasteiger partial charge in [0.05, 0.1) is 17.3 Å². The van der Waals surface area contributed by atoms with Crippen molar-refractivity contribution < 1.29 is 8.42 Å². The summed E-state index contributed by atoms with van der Waals surface area (Å²) in [5.74, 6) is -0.0584. The van der Waals surface area contributed by atoms with Gasteiger partial charge in [-0.25, -0.2) is 18.1 Å². The lowest BCUT2D eigenvalue weighted by Crippen LogP contribution is -2.16. The van der Waals surface area contributed by atoms with Gasteiger partial charge in [-0.05, 0) is 24.6 Å². The second-order valence-electron chi connectivity index (χ2n) is 3.48. The average Bonchev–Trinajstić information content (AvgIpc) is 2.33. The number of hydrogen-bond acceptors (Lipinski definition) is 5. The number of rotatable bonds is 3. The molecule has 0 fully saturated rings. The van der Waals surface area contributed by atoms with E-state index in [-0.39, 0.29) is 10.8 Å². The summed E-state index contributed by atoms with van der Waals surface area (Å²) in [5.41, 5.74) is 0.634. The van der Waals surface area contributed by atoms with Crippen molar-refractivity contribution in [3.8, 4) is 0 Å². The molecule has 94 valence electrons. The normalized spacial score (nSPS) is 11.2. The van der Waals surface area contributed by atoms with Crippen molar-refractivity contribution in [2.75, 3.05) is 4.72 Å². The van der Waals surface area contributed by atoms with Gasteiger partial charge in [0.15, 0.2) is 0 Å². The van der Waals surface area contributed by atoms with Gasteiger partial charge in [0.1, 0.15) is 0 Å². The summed E-state index contributed by atoms with van der Waals surface area (Å²) < 4.78 is 27.2. The van der Waals surface area contributed by atoms with Crippen molar-refractivity contribution in [2.24, 2.45) is 0 Å². The summed E-state index contributed by atoms with van der Waals surface area (Å²) in [5, 5.41) is 7.13. The Bertz CT molecular complexity index is 661. The minimum atomic E-state index is -3.71. The van der Waals surface area contributed by atoms with Crippen LogP contribution < -0.4 is 4.72 Å². The summed E-state index contributed by atoms with van der Waals surface area (Å²) >= 11 is 3.24. The van der Waals surface area contributed by atoms with Gasteiger partial charge in [0.25, 0.3) is 16.0 Å². The molecule has 0 amide bonds. The molecule has 0 unspecified atom stereocenters. The van der Waals surface area contributed by atoms with E-state index in [9.17, 15) is 8.42 Å². The molecule has 0 bridgehead atoms. The SMILES string of the molecule is Cc1ccc(Br)cc1S(=O)(=O)Nc1nccnn1. The van der Waals surface area contributed by atoms with Crippen LogP contribution >= 0.6 is 15.9 Å². The zero-order valence-corrected chi connectivity index (χ0v) is 11.7. The number of benzene rings is 1. The van der Waals surface area contributed by atoms with Crippen LogP contribution in [0.2, 0.25) is 0 Å². The molecule has 1 heterocycles. The highest BCUT2D eigenvalue weighted by molar-refractivity contribution is 9.10. The molecule has 0 aliphatic heterocycles. The van der Waals surface area contributed by atoms with E-state index in [1.165, 1.54) is 18.5 Å². The third-order valence-corrected chi connectivity index (χ3v) is 4.11. The number of sulfonamides is 1. The summed E-state index contributed by atoms with van der Waals surface area (Å²) in [7, 11) is -3.71. The van der Waals surface area contributed by atoms with Crippen molar-refractivity contribution >= 4 is 31.9 Å². The molecule has 1 aromatic carbocycles. The van der Waals surface area contributed by atoms with Crippen LogP contribution in [0.1, 0.15) is 5.56 Å². The number of nitrogens with zero attached hydrogens (tertiary/aromatic N) is 3. The standard InChI is InChI=1S/C10H9BrN4O2S/c1-7-2-3-8(11)6-9(7)18(16,17)15-10-12-4-5-13-14-10/h2-6H,1H3,(H,12,14,15). The molecule has 0 atom stereocenters. The molecule has 0 saturated heterocycles. The highest BCUT2D eigenvalue weighted by Gasteiger charge is 2.18. The zero-order valence-electron chi connectivity index (χ0n) is 9.33. The van der Waals surface area contributed by atoms with E-state index in [4.69, 9.17) is 0 Å². The fraction of sp³-hybridized carbons (Fsp3) is 0.100. The summed E-state index contributed by atoms with van der Waals surface area (Å²) in [6.07, 6.45) is 2.72. The van der Waals surface area contributed by atoms with Crippen molar-refractivity contribution in [2.45, 2.75) is 11.8 Å². The van der Waals surface area contributed by atoms with E-state index in [2.05, 4.69) is 35.8 Å². The number of anilines is 1. The van der Waals surface area contributed by atoms with Crippen LogP contribution in [0.4, 0.5) is 5.95 Å². The van der Waals surface area contributed by atoms with Crippen LogP contribution in [0.25, 0.3) is 0 Å². The molecule has 0 radical (unpaired) electrons. The van der Waals surface area contributed by atoms with Crippen molar-refractivity contribution in [1.82, 2.24) is 15.2 Å². The lowest BCUT2D eigenvalue weighted by molar-refractivity contribution is 0.600. The van der Waals surface area contributed by atoms with E-state index >= 15 is 0 Å². The molecule has 2 aromatic rings. The quantitative estimate of drug-likeness (QED) is 0.927. The van der Waals surface area contributed by atoms with Gasteiger partial charge in [-0.2, -0.15) is 5.10 Å². The molecule has 0 aliphatic carbocycles. The Balaban J connectivity index is 2.40. The first-order valence-corrected chi connectivity index (χ1v) is 7.19. The predicted molar refractivity (Wildman–Crippen MR) is 69.5 cm³/mol. The monoisotopic (exact) mass is 328 g/mol. The molecule has 0 saturated carbocycles. The molecule has 6 nitrogen and oxygen atoms in total. The van der Waals surface area contributed by atoms with Gasteiger partial charge >= 0.3 is 0 Å². The predicted octanol–water partition coefficient (Wildman–Crippen LogP) is 1.74. The zero-order chi connectivity index (χ0) is 13.2. The Morgan fingerprint density at radius 1 is 1.28 bits per heavy atom. The van der Waals surface area contributed by atoms with Crippen LogP contribution in [0.15, 0.2) is 40.0 Å². The molecule has 0 spiro atoms. The first-order valence-electron chi connectivity index (χ1n) is 4.92. The second-order valence-corrected chi connectivity index (χ2v) is 6.05. The molecule has 1 aromatic heterocycles. The largest absolute Gasteiger partial charge is 0.264 e. The van der Waals surface area contributed by atoms with Crippen LogP contribution in [-0.4, -0.2) is 23.6 Å². The highest BCUT2D eigenvalue weighted by atomic mass is 79.9. The third kappa shape index (κ3) is 2.82. The van der Waals surface area contributed by atoms with E-state index in [0.29, 0.717) is 10.0 Å². The van der Waals surface area contributed by atoms with Crippen LogP contribution in [0.3, 0.4) is 0 Å². The van der Waals surface area contributed by atoms with Gasteiger partial charge in [0.2, 0.25) is 0 Å². The molecule has 8 heteroatoms. The average molecular weight is 329 g/mol. The Labute approximate surface area is 113 Å². The summed E-state index contributed by atoms with van der Waals surface area (Å²) in [6, 6.07) is 5.01. The fourth-order valence-electron chi connectivity index (χ4n) is 1.33. The molecule has 18 heavy (non-hydrogen) atoms. The molecule has 0 aliphatic rings. The molecular formula is C10H9BrN4O2S. The highest BCUT2D eigenvalue weighted by Crippen LogP contribution is 2.21. The van der Waals surface area contributed by atoms with Gasteiger partial charge in [-0.15, -0.1) is 5.10 Å². The Kier molecular flexibility index (Phi) is 3.58. The van der Waals surface area contributed by atoms with E-state index in [1.807, 2.05) is 0 Å². The van der Waals surface area contributed by atoms with Crippen molar-refractivity contribution in [3.05, 3.63) is 40.6 Å². The maximum Gasteiger partial charge on any atom is 0.264 e. The maximum atomic E-state index is 12.1. The number of nitrogens with one attached hydrogen (secondary N) is 1. The van der Waals surface area contributed by atoms with Crippen LogP contribution in [-0.2, 0) is 10.0 Å². The van der Waals surface area contributed by atoms with Gasteiger partial charge in [0, 0.05) is 4.47 Å². The first-order chi connectivity index (χ1) is 8.49. The summed E-state index contributed by atoms with van der Waals surface area (Å²) in [6.45, 7) is 1.71. The minimum absolute atomic E-state index is 0.0584. The van der Waals surface area contributed by atoms with E-state index in [1.54, 1.807) is 19.1 Å². The molecular weight excluding hydrogens is 320 g/mol. The number of aromatic nitrogens is 3. The Morgan fingerprint density at radius 2 is 2.06 bits per heavy atom. The third-order valence-electron chi connectivity index (χ3n) is 2.15. The van der Waals surface area contributed by atoms with E-state index in [0.717, 1.165) is 0 Å². The van der Waals surface area contributed by atoms with E-state index < -0.39 is 10.0 Å². The topological polar surface area (TPSA) is 84.8 Å². The minimum Gasteiger partial charge on any atom is -0.246 e. The Morgan fingerprint density at radius 3 is 2.72 bits per heavy atom. The second kappa shape index (κ2) is 4.99. The van der Waals surface area contributed by atoms with Crippen LogP contribution in [0.5, 0.6) is 0 Å². The number of halogens is 1. The maximum absolute atomic E-state index is 12.1. The lowest BCUT2D eigenvalue weighted by Gasteiger charge is -2.08. The van der Waals surface area contributed by atoms with Crippen LogP contribution in [0, 0.1) is 6.92 Å². The van der Waals surface area contributed by atoms with Crippen molar-refractivity contribution in [1.29, 1.82) is 0 Å². The lowest BCUT2D eigenvalue weighted by atomic mass is 10.2. The molecule has 1 N–H and O–H groups in total. The number of aryl methyl sites for hydroxylation is 1. The summed E-state index contributed by atoms with van der Waals surface area (Å²) in [4.78, 5) is 3.94. The fourth-order valence-corrected chi connectivity index (χ4v) is 3.06. The van der Waals surface area contributed by atoms with Crippen molar-refractivity contribution in [3.63, 3.8) is 0 Å². The van der Waals surface area contributed by atoms with Gasteiger partial charge < -0.3 is 0 Å². The smallest absolute Gasteiger partial charge is 0.246 e. The number of hydrogen-bond donors (Lipinski definition) is 1. The molecule has 2 rings (SSSR count).